The summed E-state index contributed by atoms with van der Waals surface area (Å²) in [6.45, 7) is 4.66. The molecule has 0 saturated heterocycles. The molecule has 0 saturated carbocycles. The van der Waals surface area contributed by atoms with Crippen molar-refractivity contribution in [3.05, 3.63) is 46.7 Å². The second-order valence-corrected chi connectivity index (χ2v) is 5.69. The molecule has 1 aromatic carbocycles. The molecule has 2 N–H and O–H groups in total. The van der Waals surface area contributed by atoms with E-state index in [9.17, 15) is 0 Å². The van der Waals surface area contributed by atoms with E-state index in [4.69, 9.17) is 34.3 Å². The van der Waals surface area contributed by atoms with Gasteiger partial charge in [-0.3, -0.25) is 4.68 Å². The van der Waals surface area contributed by atoms with Crippen LogP contribution in [0.2, 0.25) is 5.02 Å². The summed E-state index contributed by atoms with van der Waals surface area (Å²) < 4.78 is 7.64. The molecule has 0 radical (unpaired) electrons. The van der Waals surface area contributed by atoms with E-state index < -0.39 is 0 Å². The molecule has 21 heavy (non-hydrogen) atoms. The minimum absolute atomic E-state index is 0.277. The van der Waals surface area contributed by atoms with Crippen molar-refractivity contribution in [2.24, 2.45) is 5.73 Å². The molecule has 0 fully saturated rings. The number of nitrogens with zero attached hydrogens (tertiary/aromatic N) is 2. The van der Waals surface area contributed by atoms with E-state index in [1.54, 1.807) is 18.2 Å². The van der Waals surface area contributed by atoms with Gasteiger partial charge >= 0.3 is 0 Å². The standard InChI is InChI=1S/C15H18ClN3OS/c1-3-10(2)19-7-6-11(18-19)9-20-12-4-5-13(15(17)21)14(16)8-12/h4-8,10H,3,9H2,1-2H3,(H2,17,21). The minimum Gasteiger partial charge on any atom is -0.487 e. The fraction of sp³-hybridized carbons (Fsp3) is 0.333. The van der Waals surface area contributed by atoms with Crippen molar-refractivity contribution in [2.45, 2.75) is 32.9 Å². The summed E-state index contributed by atoms with van der Waals surface area (Å²) in [6.07, 6.45) is 3.01. The predicted molar refractivity (Wildman–Crippen MR) is 88.9 cm³/mol. The third-order valence-electron chi connectivity index (χ3n) is 3.30. The highest BCUT2D eigenvalue weighted by Crippen LogP contribution is 2.23. The molecule has 1 aromatic heterocycles. The smallest absolute Gasteiger partial charge is 0.132 e. The summed E-state index contributed by atoms with van der Waals surface area (Å²) in [5.74, 6) is 0.665. The summed E-state index contributed by atoms with van der Waals surface area (Å²) in [6, 6.07) is 7.61. The van der Waals surface area contributed by atoms with Crippen LogP contribution in [0.15, 0.2) is 30.5 Å². The Hall–Kier alpha value is -1.59. The van der Waals surface area contributed by atoms with Crippen molar-refractivity contribution in [1.82, 2.24) is 9.78 Å². The lowest BCUT2D eigenvalue weighted by Crippen LogP contribution is -2.10. The van der Waals surface area contributed by atoms with E-state index in [2.05, 4.69) is 18.9 Å². The largest absolute Gasteiger partial charge is 0.487 e. The first-order valence-electron chi connectivity index (χ1n) is 6.77. The maximum atomic E-state index is 6.10. The average molecular weight is 324 g/mol. The van der Waals surface area contributed by atoms with Crippen molar-refractivity contribution in [3.63, 3.8) is 0 Å². The van der Waals surface area contributed by atoms with Gasteiger partial charge in [-0.25, -0.2) is 0 Å². The predicted octanol–water partition coefficient (Wildman–Crippen LogP) is 3.72. The van der Waals surface area contributed by atoms with Gasteiger partial charge < -0.3 is 10.5 Å². The van der Waals surface area contributed by atoms with Gasteiger partial charge in [0, 0.05) is 17.8 Å². The van der Waals surface area contributed by atoms with Crippen LogP contribution in [-0.4, -0.2) is 14.8 Å². The molecule has 1 atom stereocenters. The number of aromatic nitrogens is 2. The molecule has 0 aliphatic rings. The zero-order valence-electron chi connectivity index (χ0n) is 12.0. The molecule has 112 valence electrons. The summed E-state index contributed by atoms with van der Waals surface area (Å²) >= 11 is 11.0. The number of benzene rings is 1. The van der Waals surface area contributed by atoms with E-state index in [0.29, 0.717) is 29.0 Å². The third kappa shape index (κ3) is 3.95. The molecule has 0 aliphatic heterocycles. The lowest BCUT2D eigenvalue weighted by molar-refractivity contribution is 0.298. The highest BCUT2D eigenvalue weighted by atomic mass is 35.5. The van der Waals surface area contributed by atoms with Crippen molar-refractivity contribution < 1.29 is 4.74 Å². The quantitative estimate of drug-likeness (QED) is 0.823. The van der Waals surface area contributed by atoms with Crippen LogP contribution in [0.4, 0.5) is 0 Å². The number of halogens is 1. The summed E-state index contributed by atoms with van der Waals surface area (Å²) in [5.41, 5.74) is 7.10. The first-order valence-corrected chi connectivity index (χ1v) is 7.56. The van der Waals surface area contributed by atoms with Gasteiger partial charge in [0.2, 0.25) is 0 Å². The zero-order chi connectivity index (χ0) is 15.4. The van der Waals surface area contributed by atoms with Crippen LogP contribution < -0.4 is 10.5 Å². The molecule has 0 bridgehead atoms. The van der Waals surface area contributed by atoms with Gasteiger partial charge in [0.15, 0.2) is 0 Å². The molecular weight excluding hydrogens is 306 g/mol. The second kappa shape index (κ2) is 6.91. The van der Waals surface area contributed by atoms with Gasteiger partial charge in [0.1, 0.15) is 17.3 Å². The summed E-state index contributed by atoms with van der Waals surface area (Å²) in [7, 11) is 0. The van der Waals surface area contributed by atoms with Crippen molar-refractivity contribution in [2.75, 3.05) is 0 Å². The molecule has 1 heterocycles. The third-order valence-corrected chi connectivity index (χ3v) is 3.83. The van der Waals surface area contributed by atoms with Gasteiger partial charge in [-0.15, -0.1) is 0 Å². The molecule has 2 aromatic rings. The lowest BCUT2D eigenvalue weighted by Gasteiger charge is -2.09. The number of nitrogens with two attached hydrogens (primary N) is 1. The van der Waals surface area contributed by atoms with E-state index in [-0.39, 0.29) is 4.99 Å². The van der Waals surface area contributed by atoms with E-state index in [0.717, 1.165) is 12.1 Å². The van der Waals surface area contributed by atoms with Crippen LogP contribution in [-0.2, 0) is 6.61 Å². The van der Waals surface area contributed by atoms with E-state index in [1.165, 1.54) is 0 Å². The molecule has 0 spiro atoms. The molecule has 2 rings (SSSR count). The topological polar surface area (TPSA) is 53.1 Å². The lowest BCUT2D eigenvalue weighted by atomic mass is 10.2. The maximum absolute atomic E-state index is 6.10. The Balaban J connectivity index is 2.01. The SMILES string of the molecule is CCC(C)n1ccc(COc2ccc(C(N)=S)c(Cl)c2)n1. The fourth-order valence-electron chi connectivity index (χ4n) is 1.83. The highest BCUT2D eigenvalue weighted by Gasteiger charge is 2.07. The molecule has 1 unspecified atom stereocenters. The van der Waals surface area contributed by atoms with Gasteiger partial charge in [-0.2, -0.15) is 5.10 Å². The van der Waals surface area contributed by atoms with Crippen LogP contribution >= 0.6 is 23.8 Å². The summed E-state index contributed by atoms with van der Waals surface area (Å²) in [5, 5.41) is 4.97. The van der Waals surface area contributed by atoms with Crippen LogP contribution in [0.1, 0.15) is 37.6 Å². The Kier molecular flexibility index (Phi) is 5.20. The number of hydrogen-bond donors (Lipinski definition) is 1. The average Bonchev–Trinajstić information content (AvgIpc) is 2.92. The zero-order valence-corrected chi connectivity index (χ0v) is 13.6. The number of rotatable bonds is 6. The van der Waals surface area contributed by atoms with E-state index in [1.807, 2.05) is 16.9 Å². The Bertz CT molecular complexity index is 642. The monoisotopic (exact) mass is 323 g/mol. The fourth-order valence-corrected chi connectivity index (χ4v) is 2.34. The van der Waals surface area contributed by atoms with E-state index >= 15 is 0 Å². The molecule has 0 aliphatic carbocycles. The first-order chi connectivity index (χ1) is 10.0. The second-order valence-electron chi connectivity index (χ2n) is 4.84. The number of ether oxygens (including phenoxy) is 1. The normalized spacial score (nSPS) is 12.1. The Morgan fingerprint density at radius 1 is 1.48 bits per heavy atom. The molecule has 6 heteroatoms. The first kappa shape index (κ1) is 15.8. The van der Waals surface area contributed by atoms with Crippen LogP contribution in [0.3, 0.4) is 0 Å². The number of hydrogen-bond acceptors (Lipinski definition) is 3. The van der Waals surface area contributed by atoms with Crippen molar-refractivity contribution >= 4 is 28.8 Å². The van der Waals surface area contributed by atoms with Gasteiger partial charge in [-0.05, 0) is 37.6 Å². The maximum Gasteiger partial charge on any atom is 0.132 e. The highest BCUT2D eigenvalue weighted by molar-refractivity contribution is 7.80. The minimum atomic E-state index is 0.277. The molecular formula is C15H18ClN3OS. The van der Waals surface area contributed by atoms with Crippen molar-refractivity contribution in [1.29, 1.82) is 0 Å². The Morgan fingerprint density at radius 3 is 2.86 bits per heavy atom. The Morgan fingerprint density at radius 2 is 2.24 bits per heavy atom. The molecule has 0 amide bonds. The van der Waals surface area contributed by atoms with Crippen LogP contribution in [0.5, 0.6) is 5.75 Å². The van der Waals surface area contributed by atoms with Crippen LogP contribution in [0.25, 0.3) is 0 Å². The van der Waals surface area contributed by atoms with Gasteiger partial charge in [-0.1, -0.05) is 30.7 Å². The van der Waals surface area contributed by atoms with Gasteiger partial charge in [0.05, 0.1) is 10.7 Å². The van der Waals surface area contributed by atoms with Crippen molar-refractivity contribution in [3.8, 4) is 5.75 Å². The van der Waals surface area contributed by atoms with Gasteiger partial charge in [0.25, 0.3) is 0 Å². The molecule has 4 nitrogen and oxygen atoms in total. The summed E-state index contributed by atoms with van der Waals surface area (Å²) in [4.78, 5) is 0.277. The Labute approximate surface area is 134 Å². The number of thiocarbonyl (C=S) groups is 1. The van der Waals surface area contributed by atoms with Crippen LogP contribution in [0, 0.1) is 0 Å².